The van der Waals surface area contributed by atoms with Gasteiger partial charge < -0.3 is 10.3 Å². The van der Waals surface area contributed by atoms with Gasteiger partial charge in [0.15, 0.2) is 0 Å². The summed E-state index contributed by atoms with van der Waals surface area (Å²) in [6, 6.07) is 2.09. The van der Waals surface area contributed by atoms with Gasteiger partial charge in [-0.05, 0) is 63.5 Å². The lowest BCUT2D eigenvalue weighted by molar-refractivity contribution is 0.180. The van der Waals surface area contributed by atoms with Crippen LogP contribution in [0.4, 0.5) is 0 Å². The maximum atomic E-state index is 4.55. The summed E-state index contributed by atoms with van der Waals surface area (Å²) in [5.74, 6) is 2.28. The Morgan fingerprint density at radius 1 is 1.15 bits per heavy atom. The number of aromatic amines is 1. The van der Waals surface area contributed by atoms with Gasteiger partial charge in [0.2, 0.25) is 0 Å². The molecule has 3 aromatic rings. The van der Waals surface area contributed by atoms with E-state index in [0.717, 1.165) is 40.7 Å². The van der Waals surface area contributed by atoms with Gasteiger partial charge in [-0.15, -0.1) is 5.10 Å². The molecule has 0 unspecified atom stereocenters. The number of nitrogens with zero attached hydrogens (tertiary/aromatic N) is 5. The third kappa shape index (κ3) is 3.46. The largest absolute Gasteiger partial charge is 0.346 e. The molecule has 7 heteroatoms. The molecule has 0 amide bonds. The molecule has 2 saturated carbocycles. The summed E-state index contributed by atoms with van der Waals surface area (Å²) < 4.78 is 1.84. The highest BCUT2D eigenvalue weighted by Gasteiger charge is 2.29. The molecular weight excluding hydrogens is 338 g/mol. The average Bonchev–Trinajstić information content (AvgIpc) is 3.19. The minimum Gasteiger partial charge on any atom is -0.346 e. The molecule has 0 aliphatic heterocycles. The Balaban J connectivity index is 1.27. The molecule has 0 saturated heterocycles. The number of nitrogens with one attached hydrogen (secondary N) is 2. The molecule has 2 N–H and O–H groups in total. The monoisotopic (exact) mass is 367 g/mol. The molecule has 27 heavy (non-hydrogen) atoms. The van der Waals surface area contributed by atoms with Crippen LogP contribution in [0.15, 0.2) is 18.6 Å². The number of H-pyrrole nitrogens is 1. The molecule has 0 aromatic carbocycles. The van der Waals surface area contributed by atoms with Crippen molar-refractivity contribution in [3.63, 3.8) is 0 Å². The van der Waals surface area contributed by atoms with Crippen molar-refractivity contribution in [2.24, 2.45) is 11.8 Å². The van der Waals surface area contributed by atoms with Crippen LogP contribution in [0.3, 0.4) is 0 Å². The maximum absolute atomic E-state index is 4.55. The Bertz CT molecular complexity index is 901. The van der Waals surface area contributed by atoms with Crippen LogP contribution in [-0.4, -0.2) is 56.5 Å². The van der Waals surface area contributed by atoms with Crippen LogP contribution in [-0.2, 0) is 0 Å². The molecular formula is C20H29N7. The van der Waals surface area contributed by atoms with Gasteiger partial charge in [0.05, 0.1) is 5.69 Å². The lowest BCUT2D eigenvalue weighted by Crippen LogP contribution is -2.38. The summed E-state index contributed by atoms with van der Waals surface area (Å²) >= 11 is 0. The number of hydrogen-bond acceptors (Lipinski definition) is 5. The van der Waals surface area contributed by atoms with Crippen LogP contribution in [0.25, 0.3) is 16.6 Å². The first-order valence-corrected chi connectivity index (χ1v) is 10.4. The van der Waals surface area contributed by atoms with E-state index in [1.54, 1.807) is 6.33 Å². The number of rotatable bonds is 7. The predicted molar refractivity (Wildman–Crippen MR) is 106 cm³/mol. The number of fused-ring (bicyclic) bond motifs is 3. The summed E-state index contributed by atoms with van der Waals surface area (Å²) in [6.07, 6.45) is 11.6. The molecule has 3 heterocycles. The lowest BCUT2D eigenvalue weighted by Gasteiger charge is -2.32. The summed E-state index contributed by atoms with van der Waals surface area (Å²) in [5.41, 5.74) is 3.21. The van der Waals surface area contributed by atoms with Crippen molar-refractivity contribution in [3.8, 4) is 0 Å². The Labute approximate surface area is 159 Å². The summed E-state index contributed by atoms with van der Waals surface area (Å²) in [7, 11) is 2.06. The third-order valence-electron chi connectivity index (χ3n) is 6.34. The molecule has 2 fully saturated rings. The van der Waals surface area contributed by atoms with E-state index < -0.39 is 0 Å². The van der Waals surface area contributed by atoms with Crippen molar-refractivity contribution in [1.82, 2.24) is 35.0 Å². The van der Waals surface area contributed by atoms with Crippen molar-refractivity contribution in [2.45, 2.75) is 44.4 Å². The fourth-order valence-electron chi connectivity index (χ4n) is 4.77. The fraction of sp³-hybridized carbons (Fsp3) is 0.650. The number of hydrogen-bond donors (Lipinski definition) is 2. The van der Waals surface area contributed by atoms with E-state index in [9.17, 15) is 0 Å². The van der Waals surface area contributed by atoms with E-state index >= 15 is 0 Å². The van der Waals surface area contributed by atoms with E-state index in [1.807, 2.05) is 10.7 Å². The van der Waals surface area contributed by atoms with Gasteiger partial charge in [0, 0.05) is 37.3 Å². The minimum absolute atomic E-state index is 0.514. The van der Waals surface area contributed by atoms with Crippen LogP contribution in [0.5, 0.6) is 0 Å². The Morgan fingerprint density at radius 3 is 2.59 bits per heavy atom. The summed E-state index contributed by atoms with van der Waals surface area (Å²) in [4.78, 5) is 10.2. The second-order valence-electron chi connectivity index (χ2n) is 8.46. The van der Waals surface area contributed by atoms with Crippen molar-refractivity contribution in [3.05, 3.63) is 24.3 Å². The Morgan fingerprint density at radius 2 is 1.89 bits per heavy atom. The standard InChI is InChI=1S/C20H29N7/c1-21-12-26(10-14-2-3-14)11-15-4-6-16(7-5-15)18-19-17-8-9-22-20(17)23-13-27(19)25-24-18/h8-9,13-16,21-22H,2-7,10-12H2,1H3. The van der Waals surface area contributed by atoms with Gasteiger partial charge in [0.25, 0.3) is 0 Å². The Kier molecular flexibility index (Phi) is 4.57. The van der Waals surface area contributed by atoms with E-state index in [2.05, 4.69) is 43.6 Å². The normalized spacial score (nSPS) is 23.6. The lowest BCUT2D eigenvalue weighted by atomic mass is 9.80. The van der Waals surface area contributed by atoms with Gasteiger partial charge in [-0.2, -0.15) is 0 Å². The molecule has 5 rings (SSSR count). The first-order chi connectivity index (χ1) is 13.3. The molecule has 2 aliphatic rings. The van der Waals surface area contributed by atoms with Gasteiger partial charge in [-0.1, -0.05) is 5.21 Å². The third-order valence-corrected chi connectivity index (χ3v) is 6.34. The van der Waals surface area contributed by atoms with Crippen LogP contribution in [0.2, 0.25) is 0 Å². The van der Waals surface area contributed by atoms with Crippen molar-refractivity contribution >= 4 is 16.6 Å². The maximum Gasteiger partial charge on any atom is 0.141 e. The highest BCUT2D eigenvalue weighted by atomic mass is 15.4. The van der Waals surface area contributed by atoms with Gasteiger partial charge >= 0.3 is 0 Å². The van der Waals surface area contributed by atoms with Gasteiger partial charge in [0.1, 0.15) is 17.5 Å². The minimum atomic E-state index is 0.514. The number of aromatic nitrogens is 5. The van der Waals surface area contributed by atoms with Crippen molar-refractivity contribution < 1.29 is 0 Å². The predicted octanol–water partition coefficient (Wildman–Crippen LogP) is 2.77. The van der Waals surface area contributed by atoms with Crippen LogP contribution in [0, 0.1) is 11.8 Å². The zero-order valence-electron chi connectivity index (χ0n) is 16.1. The quantitative estimate of drug-likeness (QED) is 0.628. The topological polar surface area (TPSA) is 74.1 Å². The summed E-state index contributed by atoms with van der Waals surface area (Å²) in [6.45, 7) is 3.53. The first-order valence-electron chi connectivity index (χ1n) is 10.4. The Hall–Kier alpha value is -1.99. The van der Waals surface area contributed by atoms with Crippen LogP contribution in [0.1, 0.15) is 50.1 Å². The molecule has 0 radical (unpaired) electrons. The van der Waals surface area contributed by atoms with E-state index in [1.165, 1.54) is 51.6 Å². The molecule has 0 spiro atoms. The van der Waals surface area contributed by atoms with E-state index in [-0.39, 0.29) is 0 Å². The van der Waals surface area contributed by atoms with E-state index in [4.69, 9.17) is 0 Å². The zero-order valence-corrected chi connectivity index (χ0v) is 16.1. The second-order valence-corrected chi connectivity index (χ2v) is 8.46. The SMILES string of the molecule is CNCN(CC1CC1)CC1CCC(c2nnn3cnc4[nH]ccc4c23)CC1. The van der Waals surface area contributed by atoms with E-state index in [0.29, 0.717) is 5.92 Å². The van der Waals surface area contributed by atoms with Gasteiger partial charge in [-0.3, -0.25) is 4.90 Å². The molecule has 144 valence electrons. The molecule has 3 aromatic heterocycles. The molecule has 0 atom stereocenters. The summed E-state index contributed by atoms with van der Waals surface area (Å²) in [5, 5.41) is 13.4. The zero-order chi connectivity index (χ0) is 18.2. The van der Waals surface area contributed by atoms with Crippen molar-refractivity contribution in [1.29, 1.82) is 0 Å². The first kappa shape index (κ1) is 17.1. The van der Waals surface area contributed by atoms with Crippen molar-refractivity contribution in [2.75, 3.05) is 26.8 Å². The van der Waals surface area contributed by atoms with Crippen LogP contribution < -0.4 is 5.32 Å². The highest BCUT2D eigenvalue weighted by molar-refractivity contribution is 5.92. The smallest absolute Gasteiger partial charge is 0.141 e. The fourth-order valence-corrected chi connectivity index (χ4v) is 4.77. The average molecular weight is 368 g/mol. The molecule has 7 nitrogen and oxygen atoms in total. The highest BCUT2D eigenvalue weighted by Crippen LogP contribution is 2.38. The van der Waals surface area contributed by atoms with Crippen LogP contribution >= 0.6 is 0 Å². The molecule has 0 bridgehead atoms. The van der Waals surface area contributed by atoms with Gasteiger partial charge in [-0.25, -0.2) is 9.50 Å². The second kappa shape index (κ2) is 7.20. The molecule has 2 aliphatic carbocycles.